The van der Waals surface area contributed by atoms with E-state index >= 15 is 0 Å². The molecule has 0 atom stereocenters. The predicted molar refractivity (Wildman–Crippen MR) is 87.8 cm³/mol. The molecular formula is C18H25NO3. The Balaban J connectivity index is 2.61. The molecule has 2 rings (SSSR count). The zero-order valence-corrected chi connectivity index (χ0v) is 14.2. The lowest BCUT2D eigenvalue weighted by atomic mass is 9.75. The zero-order valence-electron chi connectivity index (χ0n) is 14.2. The first-order chi connectivity index (χ1) is 10.2. The van der Waals surface area contributed by atoms with Gasteiger partial charge in [-0.15, -0.1) is 0 Å². The molecule has 120 valence electrons. The Morgan fingerprint density at radius 2 is 1.68 bits per heavy atom. The molecule has 4 nitrogen and oxygen atoms in total. The van der Waals surface area contributed by atoms with Crippen LogP contribution in [0.5, 0.6) is 5.75 Å². The van der Waals surface area contributed by atoms with Gasteiger partial charge in [-0.3, -0.25) is 0 Å². The van der Waals surface area contributed by atoms with E-state index in [2.05, 4.69) is 19.2 Å². The molecule has 1 aromatic rings. The molecule has 0 bridgehead atoms. The van der Waals surface area contributed by atoms with Gasteiger partial charge in [-0.2, -0.15) is 0 Å². The van der Waals surface area contributed by atoms with Crippen LogP contribution < -0.4 is 10.1 Å². The third-order valence-electron chi connectivity index (χ3n) is 4.02. The minimum absolute atomic E-state index is 0.101. The number of methoxy groups -OCH3 is 2. The number of carbonyl (C=O) groups is 1. The van der Waals surface area contributed by atoms with Crippen molar-refractivity contribution in [1.29, 1.82) is 0 Å². The summed E-state index contributed by atoms with van der Waals surface area (Å²) in [5.74, 6) is 0.523. The average Bonchev–Trinajstić information content (AvgIpc) is 2.44. The maximum Gasteiger partial charge on any atom is 0.335 e. The van der Waals surface area contributed by atoms with Crippen molar-refractivity contribution >= 4 is 11.5 Å². The Kier molecular flexibility index (Phi) is 4.34. The largest absolute Gasteiger partial charge is 0.497 e. The molecule has 4 heteroatoms. The summed E-state index contributed by atoms with van der Waals surface area (Å²) in [6.45, 7) is 8.33. The molecule has 1 aromatic carbocycles. The lowest BCUT2D eigenvalue weighted by Crippen LogP contribution is -2.57. The summed E-state index contributed by atoms with van der Waals surface area (Å²) in [6.07, 6.45) is 0.757. The molecule has 1 aliphatic heterocycles. The van der Waals surface area contributed by atoms with E-state index < -0.39 is 5.54 Å². The molecule has 0 spiro atoms. The van der Waals surface area contributed by atoms with Crippen molar-refractivity contribution in [2.24, 2.45) is 0 Å². The van der Waals surface area contributed by atoms with E-state index in [1.807, 2.05) is 38.1 Å². The molecule has 0 aliphatic carbocycles. The average molecular weight is 303 g/mol. The topological polar surface area (TPSA) is 47.6 Å². The van der Waals surface area contributed by atoms with Gasteiger partial charge in [0.05, 0.1) is 19.8 Å². The summed E-state index contributed by atoms with van der Waals surface area (Å²) < 4.78 is 10.2. The second-order valence-corrected chi connectivity index (χ2v) is 6.88. The SMILES string of the molecule is COC(=O)C1=C(c2ccc(OC)cc2)CC(C)(C)NC1(C)C. The summed E-state index contributed by atoms with van der Waals surface area (Å²) in [6, 6.07) is 7.82. The molecule has 1 N–H and O–H groups in total. The van der Waals surface area contributed by atoms with Gasteiger partial charge in [0.2, 0.25) is 0 Å². The highest BCUT2D eigenvalue weighted by atomic mass is 16.5. The molecule has 1 heterocycles. The molecule has 0 unspecified atom stereocenters. The van der Waals surface area contributed by atoms with E-state index in [1.165, 1.54) is 7.11 Å². The van der Waals surface area contributed by atoms with E-state index in [0.29, 0.717) is 5.57 Å². The zero-order chi connectivity index (χ0) is 16.5. The van der Waals surface area contributed by atoms with E-state index in [1.54, 1.807) is 7.11 Å². The van der Waals surface area contributed by atoms with Crippen LogP contribution in [0.15, 0.2) is 29.8 Å². The molecule has 0 fully saturated rings. The maximum absolute atomic E-state index is 12.4. The van der Waals surface area contributed by atoms with Gasteiger partial charge in [-0.25, -0.2) is 4.79 Å². The van der Waals surface area contributed by atoms with E-state index in [4.69, 9.17) is 9.47 Å². The van der Waals surface area contributed by atoms with Gasteiger partial charge in [0, 0.05) is 11.1 Å². The van der Waals surface area contributed by atoms with Crippen LogP contribution in [0.1, 0.15) is 39.7 Å². The molecule has 0 aromatic heterocycles. The number of rotatable bonds is 3. The van der Waals surface area contributed by atoms with Crippen molar-refractivity contribution < 1.29 is 14.3 Å². The van der Waals surface area contributed by atoms with Crippen LogP contribution in [0.25, 0.3) is 5.57 Å². The summed E-state index contributed by atoms with van der Waals surface area (Å²) in [7, 11) is 3.07. The summed E-state index contributed by atoms with van der Waals surface area (Å²) >= 11 is 0. The Labute approximate surface area is 132 Å². The van der Waals surface area contributed by atoms with Crippen molar-refractivity contribution in [1.82, 2.24) is 5.32 Å². The summed E-state index contributed by atoms with van der Waals surface area (Å²) in [5, 5.41) is 3.54. The number of esters is 1. The van der Waals surface area contributed by atoms with Crippen molar-refractivity contribution in [2.75, 3.05) is 14.2 Å². The summed E-state index contributed by atoms with van der Waals surface area (Å²) in [4.78, 5) is 12.4. The molecule has 0 amide bonds. The van der Waals surface area contributed by atoms with Crippen LogP contribution in [0, 0.1) is 0 Å². The van der Waals surface area contributed by atoms with E-state index in [9.17, 15) is 4.79 Å². The summed E-state index contributed by atoms with van der Waals surface area (Å²) in [5.41, 5.74) is 2.20. The van der Waals surface area contributed by atoms with E-state index in [-0.39, 0.29) is 11.5 Å². The van der Waals surface area contributed by atoms with Gasteiger partial charge in [-0.05, 0) is 57.4 Å². The van der Waals surface area contributed by atoms with Crippen molar-refractivity contribution in [3.63, 3.8) is 0 Å². The number of hydrogen-bond donors (Lipinski definition) is 1. The van der Waals surface area contributed by atoms with Gasteiger partial charge in [0.25, 0.3) is 0 Å². The van der Waals surface area contributed by atoms with Gasteiger partial charge in [-0.1, -0.05) is 12.1 Å². The monoisotopic (exact) mass is 303 g/mol. The van der Waals surface area contributed by atoms with Crippen LogP contribution >= 0.6 is 0 Å². The number of nitrogens with one attached hydrogen (secondary N) is 1. The van der Waals surface area contributed by atoms with Gasteiger partial charge < -0.3 is 14.8 Å². The fourth-order valence-corrected chi connectivity index (χ4v) is 3.38. The molecule has 0 radical (unpaired) electrons. The second-order valence-electron chi connectivity index (χ2n) is 6.88. The number of benzene rings is 1. The standard InChI is InChI=1S/C18H25NO3/c1-17(2)11-14(12-7-9-13(21-5)10-8-12)15(16(20)22-6)18(3,4)19-17/h7-10,19H,11H2,1-6H3. The Morgan fingerprint density at radius 1 is 1.09 bits per heavy atom. The quantitative estimate of drug-likeness (QED) is 0.871. The minimum Gasteiger partial charge on any atom is -0.497 e. The van der Waals surface area contributed by atoms with Crippen LogP contribution in [-0.4, -0.2) is 31.3 Å². The molecule has 0 saturated carbocycles. The highest BCUT2D eigenvalue weighted by Gasteiger charge is 2.42. The molecule has 1 aliphatic rings. The lowest BCUT2D eigenvalue weighted by molar-refractivity contribution is -0.137. The highest BCUT2D eigenvalue weighted by molar-refractivity contribution is 6.00. The Hall–Kier alpha value is -1.81. The van der Waals surface area contributed by atoms with E-state index in [0.717, 1.165) is 23.3 Å². The van der Waals surface area contributed by atoms with Gasteiger partial charge in [0.1, 0.15) is 5.75 Å². The number of hydrogen-bond acceptors (Lipinski definition) is 4. The van der Waals surface area contributed by atoms with Crippen molar-refractivity contribution in [3.05, 3.63) is 35.4 Å². The fraction of sp³-hybridized carbons (Fsp3) is 0.500. The Morgan fingerprint density at radius 3 is 2.18 bits per heavy atom. The Bertz CT molecular complexity index is 597. The van der Waals surface area contributed by atoms with Crippen LogP contribution in [0.3, 0.4) is 0 Å². The van der Waals surface area contributed by atoms with Crippen LogP contribution in [0.4, 0.5) is 0 Å². The minimum atomic E-state index is -0.454. The smallest absolute Gasteiger partial charge is 0.335 e. The molecular weight excluding hydrogens is 278 g/mol. The normalized spacial score (nSPS) is 19.7. The molecule has 0 saturated heterocycles. The van der Waals surface area contributed by atoms with Crippen LogP contribution in [-0.2, 0) is 9.53 Å². The van der Waals surface area contributed by atoms with Crippen molar-refractivity contribution in [2.45, 2.75) is 45.2 Å². The third kappa shape index (κ3) is 3.17. The van der Waals surface area contributed by atoms with Gasteiger partial charge >= 0.3 is 5.97 Å². The number of ether oxygens (including phenoxy) is 2. The first-order valence-electron chi connectivity index (χ1n) is 7.46. The van der Waals surface area contributed by atoms with Crippen LogP contribution in [0.2, 0.25) is 0 Å². The number of carbonyl (C=O) groups excluding carboxylic acids is 1. The maximum atomic E-state index is 12.4. The van der Waals surface area contributed by atoms with Gasteiger partial charge in [0.15, 0.2) is 0 Å². The first-order valence-corrected chi connectivity index (χ1v) is 7.46. The molecule has 22 heavy (non-hydrogen) atoms. The highest BCUT2D eigenvalue weighted by Crippen LogP contribution is 2.39. The van der Waals surface area contributed by atoms with Crippen molar-refractivity contribution in [3.8, 4) is 5.75 Å². The third-order valence-corrected chi connectivity index (χ3v) is 4.02. The second kappa shape index (κ2) is 5.76. The fourth-order valence-electron chi connectivity index (χ4n) is 3.38. The predicted octanol–water partition coefficient (Wildman–Crippen LogP) is 3.17. The lowest BCUT2D eigenvalue weighted by Gasteiger charge is -2.44. The first kappa shape index (κ1) is 16.6.